The first-order valence-electron chi connectivity index (χ1n) is 7.35. The fourth-order valence-electron chi connectivity index (χ4n) is 2.35. The Morgan fingerprint density at radius 2 is 1.71 bits per heavy atom. The molecule has 0 aliphatic carbocycles. The summed E-state index contributed by atoms with van der Waals surface area (Å²) in [5.41, 5.74) is 8.55. The number of rotatable bonds is 7. The minimum atomic E-state index is -0.300. The number of hydrogen-bond donors (Lipinski definition) is 2. The molecule has 1 atom stereocenters. The Morgan fingerprint density at radius 1 is 1.05 bits per heavy atom. The van der Waals surface area contributed by atoms with Crippen molar-refractivity contribution < 1.29 is 4.79 Å². The van der Waals surface area contributed by atoms with Crippen molar-refractivity contribution in [1.82, 2.24) is 0 Å². The van der Waals surface area contributed by atoms with Gasteiger partial charge in [0.05, 0.1) is 6.42 Å². The van der Waals surface area contributed by atoms with E-state index in [4.69, 9.17) is 5.73 Å². The van der Waals surface area contributed by atoms with Gasteiger partial charge in [-0.3, -0.25) is 4.79 Å². The predicted molar refractivity (Wildman–Crippen MR) is 87.2 cm³/mol. The highest BCUT2D eigenvalue weighted by atomic mass is 16.1. The average Bonchev–Trinajstić information content (AvgIpc) is 2.49. The van der Waals surface area contributed by atoms with Crippen LogP contribution in [0.4, 0.5) is 5.69 Å². The number of nitrogens with one attached hydrogen (secondary N) is 1. The Bertz CT molecular complexity index is 564. The van der Waals surface area contributed by atoms with Crippen molar-refractivity contribution in [1.29, 1.82) is 0 Å². The summed E-state index contributed by atoms with van der Waals surface area (Å²) in [7, 11) is 0. The van der Waals surface area contributed by atoms with Crippen LogP contribution in [-0.2, 0) is 17.6 Å². The Kier molecular flexibility index (Phi) is 5.38. The second-order valence-corrected chi connectivity index (χ2v) is 5.28. The van der Waals surface area contributed by atoms with Crippen LogP contribution < -0.4 is 11.1 Å². The zero-order chi connectivity index (χ0) is 15.1. The number of hydrogen-bond acceptors (Lipinski definition) is 2. The number of carbonyl (C=O) groups is 1. The summed E-state index contributed by atoms with van der Waals surface area (Å²) in [4.78, 5) is 10.9. The number of benzene rings is 2. The number of anilines is 1. The van der Waals surface area contributed by atoms with Gasteiger partial charge in [0.15, 0.2) is 0 Å². The quantitative estimate of drug-likeness (QED) is 0.819. The smallest absolute Gasteiger partial charge is 0.221 e. The molecule has 1 amide bonds. The highest BCUT2D eigenvalue weighted by Crippen LogP contribution is 2.15. The fourth-order valence-corrected chi connectivity index (χ4v) is 2.35. The summed E-state index contributed by atoms with van der Waals surface area (Å²) in [5.74, 6) is -0.300. The number of primary amides is 1. The molecule has 110 valence electrons. The van der Waals surface area contributed by atoms with E-state index in [0.717, 1.165) is 24.1 Å². The van der Waals surface area contributed by atoms with Gasteiger partial charge >= 0.3 is 0 Å². The van der Waals surface area contributed by atoms with Gasteiger partial charge < -0.3 is 11.1 Å². The standard InChI is InChI=1S/C18H22N2O/c1-2-16(12-14-6-4-3-5-7-14)20-17-10-8-15(9-11-17)13-18(19)21/h3-11,16,20H,2,12-13H2,1H3,(H2,19,21). The molecule has 0 aliphatic rings. The molecular weight excluding hydrogens is 260 g/mol. The normalized spacial score (nSPS) is 11.9. The molecule has 0 fully saturated rings. The summed E-state index contributed by atoms with van der Waals surface area (Å²) in [6.07, 6.45) is 2.35. The molecule has 2 aromatic rings. The van der Waals surface area contributed by atoms with Gasteiger partial charge in [-0.15, -0.1) is 0 Å². The first kappa shape index (κ1) is 15.1. The second kappa shape index (κ2) is 7.48. The summed E-state index contributed by atoms with van der Waals surface area (Å²) < 4.78 is 0. The molecule has 2 aromatic carbocycles. The van der Waals surface area contributed by atoms with E-state index in [-0.39, 0.29) is 5.91 Å². The van der Waals surface area contributed by atoms with Gasteiger partial charge in [0.2, 0.25) is 5.91 Å². The van der Waals surface area contributed by atoms with Gasteiger partial charge in [0, 0.05) is 11.7 Å². The zero-order valence-electron chi connectivity index (χ0n) is 12.4. The first-order chi connectivity index (χ1) is 10.2. The maximum Gasteiger partial charge on any atom is 0.221 e. The van der Waals surface area contributed by atoms with Crippen molar-refractivity contribution >= 4 is 11.6 Å². The van der Waals surface area contributed by atoms with E-state index in [1.54, 1.807) is 0 Å². The molecule has 0 radical (unpaired) electrons. The van der Waals surface area contributed by atoms with Crippen LogP contribution in [0.25, 0.3) is 0 Å². The van der Waals surface area contributed by atoms with Gasteiger partial charge in [0.25, 0.3) is 0 Å². The van der Waals surface area contributed by atoms with E-state index >= 15 is 0 Å². The van der Waals surface area contributed by atoms with Crippen LogP contribution in [0.15, 0.2) is 54.6 Å². The maximum absolute atomic E-state index is 10.9. The maximum atomic E-state index is 10.9. The SMILES string of the molecule is CCC(Cc1ccccc1)Nc1ccc(CC(N)=O)cc1. The van der Waals surface area contributed by atoms with Crippen LogP contribution in [0.3, 0.4) is 0 Å². The van der Waals surface area contributed by atoms with Crippen LogP contribution in [0.1, 0.15) is 24.5 Å². The lowest BCUT2D eigenvalue weighted by Gasteiger charge is -2.18. The van der Waals surface area contributed by atoms with Gasteiger partial charge in [-0.05, 0) is 36.1 Å². The predicted octanol–water partition coefficient (Wildman–Crippen LogP) is 3.15. The van der Waals surface area contributed by atoms with Crippen LogP contribution in [0.2, 0.25) is 0 Å². The molecule has 0 bridgehead atoms. The van der Waals surface area contributed by atoms with Crippen molar-refractivity contribution in [3.8, 4) is 0 Å². The first-order valence-corrected chi connectivity index (χ1v) is 7.35. The van der Waals surface area contributed by atoms with Gasteiger partial charge in [0.1, 0.15) is 0 Å². The fraction of sp³-hybridized carbons (Fsp3) is 0.278. The van der Waals surface area contributed by atoms with Crippen LogP contribution in [-0.4, -0.2) is 11.9 Å². The van der Waals surface area contributed by atoms with Crippen molar-refractivity contribution in [2.24, 2.45) is 5.73 Å². The summed E-state index contributed by atoms with van der Waals surface area (Å²) in [5, 5.41) is 3.54. The molecule has 0 spiro atoms. The van der Waals surface area contributed by atoms with E-state index in [2.05, 4.69) is 36.5 Å². The Hall–Kier alpha value is -2.29. The molecular formula is C18H22N2O. The van der Waals surface area contributed by atoms with Gasteiger partial charge in [-0.25, -0.2) is 0 Å². The monoisotopic (exact) mass is 282 g/mol. The lowest BCUT2D eigenvalue weighted by molar-refractivity contribution is -0.117. The third kappa shape index (κ3) is 4.95. The van der Waals surface area contributed by atoms with E-state index < -0.39 is 0 Å². The molecule has 0 heterocycles. The second-order valence-electron chi connectivity index (χ2n) is 5.28. The molecule has 21 heavy (non-hydrogen) atoms. The topological polar surface area (TPSA) is 55.1 Å². The van der Waals surface area contributed by atoms with E-state index in [9.17, 15) is 4.79 Å². The van der Waals surface area contributed by atoms with Crippen molar-refractivity contribution in [2.45, 2.75) is 32.2 Å². The van der Waals surface area contributed by atoms with E-state index in [0.29, 0.717) is 12.5 Å². The van der Waals surface area contributed by atoms with Crippen molar-refractivity contribution in [2.75, 3.05) is 5.32 Å². The summed E-state index contributed by atoms with van der Waals surface area (Å²) in [6.45, 7) is 2.18. The Balaban J connectivity index is 1.96. The lowest BCUT2D eigenvalue weighted by Crippen LogP contribution is -2.21. The third-order valence-corrected chi connectivity index (χ3v) is 3.52. The largest absolute Gasteiger partial charge is 0.382 e. The molecule has 3 N–H and O–H groups in total. The van der Waals surface area contributed by atoms with Crippen LogP contribution in [0.5, 0.6) is 0 Å². The third-order valence-electron chi connectivity index (χ3n) is 3.52. The van der Waals surface area contributed by atoms with Crippen LogP contribution in [0, 0.1) is 0 Å². The van der Waals surface area contributed by atoms with Crippen LogP contribution >= 0.6 is 0 Å². The lowest BCUT2D eigenvalue weighted by atomic mass is 10.0. The average molecular weight is 282 g/mol. The molecule has 0 saturated carbocycles. The molecule has 0 aromatic heterocycles. The molecule has 2 rings (SSSR count). The molecule has 3 nitrogen and oxygen atoms in total. The highest BCUT2D eigenvalue weighted by Gasteiger charge is 2.07. The summed E-state index contributed by atoms with van der Waals surface area (Å²) >= 11 is 0. The molecule has 0 aliphatic heterocycles. The number of amides is 1. The summed E-state index contributed by atoms with van der Waals surface area (Å²) in [6, 6.07) is 18.8. The highest BCUT2D eigenvalue weighted by molar-refractivity contribution is 5.76. The van der Waals surface area contributed by atoms with E-state index in [1.165, 1.54) is 5.56 Å². The zero-order valence-corrected chi connectivity index (χ0v) is 12.4. The van der Waals surface area contributed by atoms with Gasteiger partial charge in [-0.1, -0.05) is 49.4 Å². The molecule has 1 unspecified atom stereocenters. The molecule has 3 heteroatoms. The molecule has 0 saturated heterocycles. The minimum Gasteiger partial charge on any atom is -0.382 e. The number of carbonyl (C=O) groups excluding carboxylic acids is 1. The Morgan fingerprint density at radius 3 is 2.29 bits per heavy atom. The minimum absolute atomic E-state index is 0.293. The van der Waals surface area contributed by atoms with Gasteiger partial charge in [-0.2, -0.15) is 0 Å². The van der Waals surface area contributed by atoms with Crippen molar-refractivity contribution in [3.63, 3.8) is 0 Å². The van der Waals surface area contributed by atoms with E-state index in [1.807, 2.05) is 30.3 Å². The Labute approximate surface area is 126 Å². The van der Waals surface area contributed by atoms with Crippen molar-refractivity contribution in [3.05, 3.63) is 65.7 Å². The number of nitrogens with two attached hydrogens (primary N) is 1.